The van der Waals surface area contributed by atoms with Crippen molar-refractivity contribution in [1.29, 1.82) is 5.26 Å². The van der Waals surface area contributed by atoms with Gasteiger partial charge in [-0.05, 0) is 56.8 Å². The molecule has 3 aliphatic rings. The van der Waals surface area contributed by atoms with Crippen LogP contribution < -0.4 is 0 Å². The highest BCUT2D eigenvalue weighted by molar-refractivity contribution is 5.14. The highest BCUT2D eigenvalue weighted by Gasteiger charge is 2.54. The molecule has 0 amide bonds. The normalized spacial score (nSPS) is 31.2. The molecule has 0 aromatic rings. The van der Waals surface area contributed by atoms with Gasteiger partial charge in [-0.25, -0.2) is 0 Å². The van der Waals surface area contributed by atoms with Crippen LogP contribution in [0.5, 0.6) is 0 Å². The van der Waals surface area contributed by atoms with Crippen LogP contribution in [-0.2, 0) is 0 Å². The first-order valence-corrected chi connectivity index (χ1v) is 9.28. The fourth-order valence-electron chi connectivity index (χ4n) is 5.49. The molecular weight excluding hydrogens is 258 g/mol. The number of hydrogen-bond donors (Lipinski definition) is 1. The number of nitriles is 1. The highest BCUT2D eigenvalue weighted by atomic mass is 16.3. The van der Waals surface area contributed by atoms with Crippen LogP contribution in [-0.4, -0.2) is 10.7 Å². The van der Waals surface area contributed by atoms with Gasteiger partial charge in [-0.1, -0.05) is 44.9 Å². The van der Waals surface area contributed by atoms with E-state index in [-0.39, 0.29) is 0 Å². The van der Waals surface area contributed by atoms with Crippen molar-refractivity contribution in [1.82, 2.24) is 0 Å². The Kier molecular flexibility index (Phi) is 4.33. The van der Waals surface area contributed by atoms with E-state index in [9.17, 15) is 10.4 Å². The molecule has 0 aromatic heterocycles. The van der Waals surface area contributed by atoms with E-state index < -0.39 is 11.0 Å². The maximum Gasteiger partial charge on any atom is 0.0860 e. The molecule has 3 aliphatic carbocycles. The van der Waals surface area contributed by atoms with Crippen LogP contribution in [0.15, 0.2) is 0 Å². The number of nitrogens with zero attached hydrogens (tertiary/aromatic N) is 1. The molecule has 0 heterocycles. The van der Waals surface area contributed by atoms with Crippen LogP contribution in [0, 0.1) is 22.2 Å². The lowest BCUT2D eigenvalue weighted by atomic mass is 9.56. The van der Waals surface area contributed by atoms with Crippen LogP contribution in [0.1, 0.15) is 96.3 Å². The fourth-order valence-corrected chi connectivity index (χ4v) is 5.49. The Morgan fingerprint density at radius 3 is 1.62 bits per heavy atom. The molecule has 0 radical (unpaired) electrons. The van der Waals surface area contributed by atoms with Gasteiger partial charge in [0.1, 0.15) is 0 Å². The summed E-state index contributed by atoms with van der Waals surface area (Å²) in [4.78, 5) is 0. The van der Waals surface area contributed by atoms with Crippen molar-refractivity contribution in [2.75, 3.05) is 0 Å². The van der Waals surface area contributed by atoms with Gasteiger partial charge in [0.05, 0.1) is 17.1 Å². The second-order valence-electron chi connectivity index (χ2n) is 8.20. The molecule has 21 heavy (non-hydrogen) atoms. The van der Waals surface area contributed by atoms with Gasteiger partial charge >= 0.3 is 0 Å². The monoisotopic (exact) mass is 289 g/mol. The van der Waals surface area contributed by atoms with Crippen LogP contribution >= 0.6 is 0 Å². The summed E-state index contributed by atoms with van der Waals surface area (Å²) in [5.74, 6) is 0. The second kappa shape index (κ2) is 5.92. The van der Waals surface area contributed by atoms with E-state index in [2.05, 4.69) is 6.07 Å². The van der Waals surface area contributed by atoms with E-state index in [1.807, 2.05) is 0 Å². The van der Waals surface area contributed by atoms with Gasteiger partial charge in [0.2, 0.25) is 0 Å². The Hall–Kier alpha value is -0.550. The maximum atomic E-state index is 11.4. The summed E-state index contributed by atoms with van der Waals surface area (Å²) in [5.41, 5.74) is -0.620. The molecule has 0 saturated heterocycles. The van der Waals surface area contributed by atoms with Gasteiger partial charge in [-0.2, -0.15) is 5.26 Å². The molecule has 2 heteroatoms. The zero-order chi connectivity index (χ0) is 14.8. The van der Waals surface area contributed by atoms with E-state index in [0.29, 0.717) is 5.41 Å². The Bertz CT molecular complexity index is 384. The third-order valence-corrected chi connectivity index (χ3v) is 7.11. The molecule has 0 atom stereocenters. The summed E-state index contributed by atoms with van der Waals surface area (Å²) < 4.78 is 0. The van der Waals surface area contributed by atoms with Crippen molar-refractivity contribution in [2.45, 2.75) is 102 Å². The topological polar surface area (TPSA) is 44.0 Å². The predicted molar refractivity (Wildman–Crippen MR) is 84.7 cm³/mol. The van der Waals surface area contributed by atoms with E-state index in [4.69, 9.17) is 0 Å². The molecule has 0 bridgehead atoms. The predicted octanol–water partition coefficient (Wildman–Crippen LogP) is 5.11. The van der Waals surface area contributed by atoms with Gasteiger partial charge < -0.3 is 5.11 Å². The first-order valence-electron chi connectivity index (χ1n) is 9.28. The molecule has 0 aliphatic heterocycles. The van der Waals surface area contributed by atoms with Crippen LogP contribution in [0.2, 0.25) is 0 Å². The van der Waals surface area contributed by atoms with Crippen molar-refractivity contribution in [2.24, 2.45) is 10.8 Å². The molecule has 2 nitrogen and oxygen atoms in total. The summed E-state index contributed by atoms with van der Waals surface area (Å²) in [6, 6.07) is 2.62. The average Bonchev–Trinajstić information content (AvgIpc) is 2.92. The van der Waals surface area contributed by atoms with Gasteiger partial charge in [0.15, 0.2) is 0 Å². The summed E-state index contributed by atoms with van der Waals surface area (Å²) in [6.07, 6.45) is 17.4. The minimum atomic E-state index is -0.701. The van der Waals surface area contributed by atoms with Gasteiger partial charge in [-0.15, -0.1) is 0 Å². The largest absolute Gasteiger partial charge is 0.388 e. The fraction of sp³-hybridized carbons (Fsp3) is 0.947. The van der Waals surface area contributed by atoms with E-state index in [0.717, 1.165) is 51.4 Å². The highest BCUT2D eigenvalue weighted by Crippen LogP contribution is 2.57. The lowest BCUT2D eigenvalue weighted by Gasteiger charge is -2.50. The summed E-state index contributed by atoms with van der Waals surface area (Å²) in [5, 5.41) is 21.3. The Labute approximate surface area is 129 Å². The van der Waals surface area contributed by atoms with E-state index >= 15 is 0 Å². The number of aliphatic hydroxyl groups is 1. The number of rotatable bonds is 1. The Morgan fingerprint density at radius 1 is 0.619 bits per heavy atom. The van der Waals surface area contributed by atoms with Crippen LogP contribution in [0.3, 0.4) is 0 Å². The van der Waals surface area contributed by atoms with Gasteiger partial charge in [0, 0.05) is 0 Å². The Balaban J connectivity index is 1.75. The average molecular weight is 289 g/mol. The van der Waals surface area contributed by atoms with Crippen molar-refractivity contribution < 1.29 is 5.11 Å². The van der Waals surface area contributed by atoms with Crippen LogP contribution in [0.25, 0.3) is 0 Å². The molecule has 3 rings (SSSR count). The molecule has 118 valence electrons. The molecule has 1 spiro atoms. The van der Waals surface area contributed by atoms with Crippen LogP contribution in [0.4, 0.5) is 0 Å². The van der Waals surface area contributed by atoms with Crippen molar-refractivity contribution >= 4 is 0 Å². The van der Waals surface area contributed by atoms with Gasteiger partial charge in [-0.3, -0.25) is 0 Å². The second-order valence-corrected chi connectivity index (χ2v) is 8.20. The van der Waals surface area contributed by atoms with Crippen molar-refractivity contribution in [3.8, 4) is 6.07 Å². The lowest BCUT2D eigenvalue weighted by molar-refractivity contribution is -0.114. The van der Waals surface area contributed by atoms with E-state index in [1.54, 1.807) is 0 Å². The minimum Gasteiger partial charge on any atom is -0.388 e. The first kappa shape index (κ1) is 15.3. The standard InChI is InChI=1S/C19H31NO/c20-16-18(10-4-2-1-3-5-11-18)19(21)14-12-17(13-15-19)8-6-7-9-17/h21H,1-15H2. The first-order chi connectivity index (χ1) is 10.1. The Morgan fingerprint density at radius 2 is 1.10 bits per heavy atom. The van der Waals surface area contributed by atoms with Gasteiger partial charge in [0.25, 0.3) is 0 Å². The zero-order valence-corrected chi connectivity index (χ0v) is 13.5. The third kappa shape index (κ3) is 2.74. The molecule has 1 N–H and O–H groups in total. The SMILES string of the molecule is N#CC1(C2(O)CCC3(CCCC3)CC2)CCCCCCC1. The molecule has 0 unspecified atom stereocenters. The summed E-state index contributed by atoms with van der Waals surface area (Å²) in [6.45, 7) is 0. The number of hydrogen-bond acceptors (Lipinski definition) is 2. The molecular formula is C19H31NO. The molecule has 0 aromatic carbocycles. The smallest absolute Gasteiger partial charge is 0.0860 e. The molecule has 3 fully saturated rings. The van der Waals surface area contributed by atoms with Crippen molar-refractivity contribution in [3.05, 3.63) is 0 Å². The van der Waals surface area contributed by atoms with E-state index in [1.165, 1.54) is 44.9 Å². The minimum absolute atomic E-state index is 0.451. The summed E-state index contributed by atoms with van der Waals surface area (Å²) >= 11 is 0. The maximum absolute atomic E-state index is 11.4. The van der Waals surface area contributed by atoms with Crippen molar-refractivity contribution in [3.63, 3.8) is 0 Å². The third-order valence-electron chi connectivity index (χ3n) is 7.11. The summed E-state index contributed by atoms with van der Waals surface area (Å²) in [7, 11) is 0. The molecule has 3 saturated carbocycles. The quantitative estimate of drug-likeness (QED) is 0.729. The zero-order valence-electron chi connectivity index (χ0n) is 13.5. The lowest BCUT2D eigenvalue weighted by Crippen LogP contribution is -2.51.